The molecule has 9 nitrogen and oxygen atoms in total. The van der Waals surface area contributed by atoms with Crippen LogP contribution in [0.1, 0.15) is 213 Å². The molecule has 0 aromatic rings. The van der Waals surface area contributed by atoms with E-state index in [9.17, 15) is 19.5 Å². The lowest BCUT2D eigenvalue weighted by molar-refractivity contribution is -0.870. The first kappa shape index (κ1) is 66.2. The number of likely N-dealkylation sites (N-methyl/N-ethyl adjacent to an activating group) is 1. The molecular weight excluding hydrogens is 875 g/mol. The van der Waals surface area contributed by atoms with Gasteiger partial charge < -0.3 is 33.3 Å². The highest BCUT2D eigenvalue weighted by molar-refractivity contribution is 5.70. The highest BCUT2D eigenvalue weighted by Gasteiger charge is 2.22. The molecule has 0 N–H and O–H groups in total. The summed E-state index contributed by atoms with van der Waals surface area (Å²) in [6.45, 7) is 4.60. The van der Waals surface area contributed by atoms with Crippen LogP contribution in [0.5, 0.6) is 0 Å². The summed E-state index contributed by atoms with van der Waals surface area (Å²) >= 11 is 0. The van der Waals surface area contributed by atoms with E-state index in [0.29, 0.717) is 17.4 Å². The summed E-state index contributed by atoms with van der Waals surface area (Å²) in [5, 5.41) is 11.7. The van der Waals surface area contributed by atoms with Gasteiger partial charge in [-0.2, -0.15) is 0 Å². The molecule has 0 aliphatic heterocycles. The predicted molar refractivity (Wildman–Crippen MR) is 292 cm³/mol. The molecule has 0 saturated heterocycles. The Labute approximate surface area is 429 Å². The van der Waals surface area contributed by atoms with Crippen LogP contribution in [0.2, 0.25) is 0 Å². The smallest absolute Gasteiger partial charge is 0.306 e. The van der Waals surface area contributed by atoms with Gasteiger partial charge >= 0.3 is 11.9 Å². The second-order valence-electron chi connectivity index (χ2n) is 19.5. The maximum absolute atomic E-state index is 12.8. The fourth-order valence-corrected chi connectivity index (χ4v) is 7.32. The summed E-state index contributed by atoms with van der Waals surface area (Å²) in [7, 11) is 5.91. The van der Waals surface area contributed by atoms with Crippen molar-refractivity contribution in [2.45, 2.75) is 225 Å². The molecule has 0 saturated carbocycles. The number of ether oxygens (including phenoxy) is 4. The van der Waals surface area contributed by atoms with Crippen molar-refractivity contribution in [1.82, 2.24) is 0 Å². The monoisotopic (exact) mass is 978 g/mol. The van der Waals surface area contributed by atoms with Gasteiger partial charge in [0.05, 0.1) is 40.3 Å². The van der Waals surface area contributed by atoms with Crippen LogP contribution in [0.3, 0.4) is 0 Å². The van der Waals surface area contributed by atoms with Gasteiger partial charge in [-0.05, 0) is 77.0 Å². The summed E-state index contributed by atoms with van der Waals surface area (Å²) in [5.41, 5.74) is 0. The third-order valence-electron chi connectivity index (χ3n) is 11.6. The van der Waals surface area contributed by atoms with E-state index in [1.165, 1.54) is 83.5 Å². The summed E-state index contributed by atoms with van der Waals surface area (Å²) in [4.78, 5) is 37.1. The highest BCUT2D eigenvalue weighted by atomic mass is 16.7. The van der Waals surface area contributed by atoms with Crippen molar-refractivity contribution < 1.29 is 42.9 Å². The van der Waals surface area contributed by atoms with E-state index in [1.54, 1.807) is 0 Å². The topological polar surface area (TPSA) is 111 Å². The second kappa shape index (κ2) is 51.6. The Balaban J connectivity index is 4.14. The summed E-state index contributed by atoms with van der Waals surface area (Å²) in [5.74, 6) is -2.30. The van der Waals surface area contributed by atoms with Gasteiger partial charge in [0, 0.05) is 12.8 Å². The lowest BCUT2D eigenvalue weighted by Crippen LogP contribution is -2.44. The number of esters is 2. The summed E-state index contributed by atoms with van der Waals surface area (Å²) in [6, 6.07) is 0. The first-order valence-electron chi connectivity index (χ1n) is 27.9. The molecule has 0 aliphatic rings. The fraction of sp³-hybridized carbons (Fsp3) is 0.689. The van der Waals surface area contributed by atoms with Crippen molar-refractivity contribution in [3.8, 4) is 0 Å². The van der Waals surface area contributed by atoms with Crippen LogP contribution < -0.4 is 5.11 Å². The molecule has 0 aromatic heterocycles. The van der Waals surface area contributed by atoms with E-state index in [2.05, 4.69) is 111 Å². The number of carboxylic acids is 1. The summed E-state index contributed by atoms with van der Waals surface area (Å²) < 4.78 is 22.6. The zero-order valence-corrected chi connectivity index (χ0v) is 45.4. The standard InChI is InChI=1S/C61H103NO8/c1-6-8-10-12-14-16-18-19-20-21-22-23-24-25-26-27-28-29-30-31-32-33-34-35-36-37-38-39-40-41-42-44-46-48-50-52-59(64)70-57(56-69-61(60(65)66)67-54-53-62(3,4)5)55-68-58(63)51-49-47-45-43-17-15-13-11-9-7-2/h8,10,14,16,19-20,22-23,25-26,28-29,31-32,34-35,57,61H,6-7,9,11-13,15,17-18,21,24,27,30,33,36-56H2,1-5H3/b10-8-,16-14-,20-19-,23-22-,26-25-,29-28-,32-31-,35-34-. The predicted octanol–water partition coefficient (Wildman–Crippen LogP) is 14.8. The molecule has 0 rings (SSSR count). The molecule has 0 amide bonds. The Bertz CT molecular complexity index is 1470. The molecule has 9 heteroatoms. The van der Waals surface area contributed by atoms with E-state index in [0.717, 1.165) is 96.3 Å². The number of nitrogens with zero attached hydrogens (tertiary/aromatic N) is 1. The zero-order chi connectivity index (χ0) is 51.3. The van der Waals surface area contributed by atoms with Crippen LogP contribution in [0.25, 0.3) is 0 Å². The van der Waals surface area contributed by atoms with Gasteiger partial charge in [0.25, 0.3) is 0 Å². The number of carboxylic acid groups (broad SMARTS) is 1. The van der Waals surface area contributed by atoms with Crippen molar-refractivity contribution in [3.63, 3.8) is 0 Å². The molecule has 0 bridgehead atoms. The first-order valence-corrected chi connectivity index (χ1v) is 27.9. The van der Waals surface area contributed by atoms with E-state index < -0.39 is 24.3 Å². The van der Waals surface area contributed by atoms with Crippen molar-refractivity contribution in [2.24, 2.45) is 0 Å². The largest absolute Gasteiger partial charge is 0.545 e. The fourth-order valence-electron chi connectivity index (χ4n) is 7.32. The van der Waals surface area contributed by atoms with Crippen LogP contribution in [0.4, 0.5) is 0 Å². The van der Waals surface area contributed by atoms with E-state index in [-0.39, 0.29) is 38.6 Å². The molecule has 2 atom stereocenters. The molecule has 2 unspecified atom stereocenters. The number of quaternary nitrogens is 1. The summed E-state index contributed by atoms with van der Waals surface area (Å²) in [6.07, 6.45) is 66.1. The Morgan fingerprint density at radius 2 is 0.814 bits per heavy atom. The Morgan fingerprint density at radius 1 is 0.443 bits per heavy atom. The van der Waals surface area contributed by atoms with Gasteiger partial charge in [0.15, 0.2) is 12.4 Å². The van der Waals surface area contributed by atoms with Crippen LogP contribution in [-0.4, -0.2) is 82.3 Å². The minimum absolute atomic E-state index is 0.144. The van der Waals surface area contributed by atoms with Crippen LogP contribution in [-0.2, 0) is 33.3 Å². The van der Waals surface area contributed by atoms with E-state index in [4.69, 9.17) is 18.9 Å². The SMILES string of the molecule is CC/C=C\C/C=C\C/C=C\C/C=C\C/C=C\C/C=C\C/C=C\C/C=C\CCCCCCCCCCCCC(=O)OC(COC(=O)CCCCCCCCCCCC)COC(OCC[N+](C)(C)C)C(=O)[O-]. The van der Waals surface area contributed by atoms with Crippen molar-refractivity contribution in [2.75, 3.05) is 47.5 Å². The van der Waals surface area contributed by atoms with Crippen molar-refractivity contribution >= 4 is 17.9 Å². The minimum Gasteiger partial charge on any atom is -0.545 e. The average Bonchev–Trinajstić information content (AvgIpc) is 3.33. The van der Waals surface area contributed by atoms with Gasteiger partial charge in [-0.25, -0.2) is 0 Å². The number of hydrogen-bond donors (Lipinski definition) is 0. The van der Waals surface area contributed by atoms with Crippen LogP contribution in [0, 0.1) is 0 Å². The van der Waals surface area contributed by atoms with Gasteiger partial charge in [-0.15, -0.1) is 0 Å². The number of hydrogen-bond acceptors (Lipinski definition) is 8. The molecule has 0 aliphatic carbocycles. The van der Waals surface area contributed by atoms with Gasteiger partial charge in [0.2, 0.25) is 0 Å². The number of unbranched alkanes of at least 4 members (excludes halogenated alkanes) is 19. The molecule has 400 valence electrons. The molecular formula is C61H103NO8. The number of rotatable bonds is 50. The van der Waals surface area contributed by atoms with E-state index >= 15 is 0 Å². The molecule has 0 spiro atoms. The Hall–Kier alpha value is -3.79. The normalized spacial score (nSPS) is 13.6. The average molecular weight is 978 g/mol. The van der Waals surface area contributed by atoms with Crippen molar-refractivity contribution in [1.29, 1.82) is 0 Å². The Kier molecular flexibility index (Phi) is 48.8. The Morgan fingerprint density at radius 3 is 1.21 bits per heavy atom. The van der Waals surface area contributed by atoms with Gasteiger partial charge in [-0.3, -0.25) is 9.59 Å². The maximum atomic E-state index is 12.8. The third-order valence-corrected chi connectivity index (χ3v) is 11.6. The lowest BCUT2D eigenvalue weighted by Gasteiger charge is -2.26. The number of allylic oxidation sites excluding steroid dienone is 16. The van der Waals surface area contributed by atoms with Gasteiger partial charge in [-0.1, -0.05) is 220 Å². The highest BCUT2D eigenvalue weighted by Crippen LogP contribution is 2.15. The second-order valence-corrected chi connectivity index (χ2v) is 19.5. The third kappa shape index (κ3) is 52.0. The number of carbonyl (C=O) groups is 3. The van der Waals surface area contributed by atoms with E-state index in [1.807, 2.05) is 21.1 Å². The molecule has 0 radical (unpaired) electrons. The molecule has 0 aromatic carbocycles. The van der Waals surface area contributed by atoms with Crippen molar-refractivity contribution in [3.05, 3.63) is 97.2 Å². The van der Waals surface area contributed by atoms with Gasteiger partial charge in [0.1, 0.15) is 13.2 Å². The molecule has 0 heterocycles. The quantitative estimate of drug-likeness (QED) is 0.0195. The first-order chi connectivity index (χ1) is 34.1. The lowest BCUT2D eigenvalue weighted by atomic mass is 10.0. The zero-order valence-electron chi connectivity index (χ0n) is 45.4. The van der Waals surface area contributed by atoms with Crippen LogP contribution >= 0.6 is 0 Å². The van der Waals surface area contributed by atoms with Crippen LogP contribution in [0.15, 0.2) is 97.2 Å². The maximum Gasteiger partial charge on any atom is 0.306 e. The minimum atomic E-state index is -1.62. The number of aliphatic carboxylic acids is 1. The number of carbonyl (C=O) groups excluding carboxylic acids is 3. The molecule has 0 fully saturated rings. The molecule has 70 heavy (non-hydrogen) atoms.